The zero-order valence-electron chi connectivity index (χ0n) is 17.2. The summed E-state index contributed by atoms with van der Waals surface area (Å²) in [6.07, 6.45) is 9.69. The first-order chi connectivity index (χ1) is 11.8. The fraction of sp³-hybridized carbons (Fsp3) is 0.905. The van der Waals surface area contributed by atoms with Crippen LogP contribution in [0.4, 0.5) is 0 Å². The lowest BCUT2D eigenvalue weighted by molar-refractivity contribution is -0.161. The van der Waals surface area contributed by atoms with Crippen LogP contribution in [0.3, 0.4) is 0 Å². The van der Waals surface area contributed by atoms with Gasteiger partial charge in [0.05, 0.1) is 0 Å². The maximum atomic E-state index is 12.0. The number of carbonyl (C=O) groups is 2. The number of esters is 2. The van der Waals surface area contributed by atoms with Crippen LogP contribution in [0.15, 0.2) is 0 Å². The van der Waals surface area contributed by atoms with Gasteiger partial charge >= 0.3 is 11.9 Å². The van der Waals surface area contributed by atoms with Gasteiger partial charge < -0.3 is 9.47 Å². The summed E-state index contributed by atoms with van der Waals surface area (Å²) < 4.78 is 10.9. The van der Waals surface area contributed by atoms with Gasteiger partial charge in [0.1, 0.15) is 12.7 Å². The molecule has 4 nitrogen and oxygen atoms in total. The minimum absolute atomic E-state index is 0.0146. The summed E-state index contributed by atoms with van der Waals surface area (Å²) in [5.41, 5.74) is 0.0146. The van der Waals surface area contributed by atoms with E-state index in [2.05, 4.69) is 34.6 Å². The second kappa shape index (κ2) is 14.1. The van der Waals surface area contributed by atoms with Crippen LogP contribution < -0.4 is 0 Å². The molecule has 25 heavy (non-hydrogen) atoms. The summed E-state index contributed by atoms with van der Waals surface area (Å²) in [5.74, 6) is -0.363. The summed E-state index contributed by atoms with van der Waals surface area (Å²) in [4.78, 5) is 23.9. The second-order valence-corrected chi connectivity index (χ2v) is 8.18. The normalized spacial score (nSPS) is 12.7. The summed E-state index contributed by atoms with van der Waals surface area (Å²) in [6, 6.07) is 0. The zero-order chi connectivity index (χ0) is 19.1. The molecule has 0 fully saturated rings. The van der Waals surface area contributed by atoms with E-state index in [1.807, 2.05) is 0 Å². The number of unbranched alkanes of at least 4 members (excludes halogenated alkanes) is 6. The molecule has 4 heteroatoms. The van der Waals surface area contributed by atoms with Crippen LogP contribution in [0.2, 0.25) is 0 Å². The highest BCUT2D eigenvalue weighted by molar-refractivity contribution is 5.70. The number of hydrogen-bond donors (Lipinski definition) is 0. The van der Waals surface area contributed by atoms with Crippen molar-refractivity contribution in [2.45, 2.75) is 111 Å². The molecule has 0 spiro atoms. The van der Waals surface area contributed by atoms with Crippen molar-refractivity contribution in [3.8, 4) is 0 Å². The Labute approximate surface area is 155 Å². The molecule has 0 aromatic rings. The Morgan fingerprint density at radius 3 is 1.80 bits per heavy atom. The molecule has 0 N–H and O–H groups in total. The van der Waals surface area contributed by atoms with Crippen LogP contribution in [0.25, 0.3) is 0 Å². The van der Waals surface area contributed by atoms with Crippen LogP contribution in [-0.4, -0.2) is 24.6 Å². The minimum atomic E-state index is -0.349. The quantitative estimate of drug-likeness (QED) is 0.291. The highest BCUT2D eigenvalue weighted by Gasteiger charge is 2.23. The second-order valence-electron chi connectivity index (χ2n) is 8.18. The molecule has 0 aliphatic carbocycles. The summed E-state index contributed by atoms with van der Waals surface area (Å²) in [5, 5.41) is 0. The van der Waals surface area contributed by atoms with Gasteiger partial charge in [-0.25, -0.2) is 0 Å². The van der Waals surface area contributed by atoms with Crippen molar-refractivity contribution in [2.24, 2.45) is 5.41 Å². The fourth-order valence-corrected chi connectivity index (χ4v) is 2.71. The first-order valence-electron chi connectivity index (χ1n) is 10.1. The molecule has 0 aromatic carbocycles. The number of hydrogen-bond acceptors (Lipinski definition) is 4. The Bertz CT molecular complexity index is 357. The van der Waals surface area contributed by atoms with E-state index < -0.39 is 0 Å². The molecular weight excluding hydrogens is 316 g/mol. The minimum Gasteiger partial charge on any atom is -0.462 e. The van der Waals surface area contributed by atoms with Gasteiger partial charge in [-0.15, -0.1) is 0 Å². The molecule has 0 aliphatic heterocycles. The third-order valence-corrected chi connectivity index (χ3v) is 4.04. The monoisotopic (exact) mass is 356 g/mol. The van der Waals surface area contributed by atoms with E-state index in [1.54, 1.807) is 0 Å². The molecule has 0 aliphatic rings. The van der Waals surface area contributed by atoms with Gasteiger partial charge in [-0.1, -0.05) is 73.1 Å². The Hall–Kier alpha value is -1.06. The molecule has 148 valence electrons. The number of rotatable bonds is 14. The largest absolute Gasteiger partial charge is 0.462 e. The standard InChI is InChI=1S/C21H40O4/c1-6-8-10-12-14-19(22)24-17-18(16-21(3,4)5)25-20(23)15-13-11-9-7-2/h18H,6-17H2,1-5H3. The first kappa shape index (κ1) is 23.9. The third-order valence-electron chi connectivity index (χ3n) is 4.04. The maximum absolute atomic E-state index is 12.0. The molecule has 0 saturated heterocycles. The van der Waals surface area contributed by atoms with Gasteiger partial charge in [-0.05, 0) is 24.7 Å². The van der Waals surface area contributed by atoms with Crippen molar-refractivity contribution >= 4 is 11.9 Å². The smallest absolute Gasteiger partial charge is 0.306 e. The van der Waals surface area contributed by atoms with Crippen LogP contribution in [-0.2, 0) is 19.1 Å². The van der Waals surface area contributed by atoms with Crippen molar-refractivity contribution in [2.75, 3.05) is 6.61 Å². The fourth-order valence-electron chi connectivity index (χ4n) is 2.71. The SMILES string of the molecule is CCCCCCC(=O)OCC(CC(C)(C)C)OC(=O)CCCCCC. The number of ether oxygens (including phenoxy) is 2. The van der Waals surface area contributed by atoms with E-state index in [0.717, 1.165) is 51.4 Å². The summed E-state index contributed by atoms with van der Waals surface area (Å²) in [6.45, 7) is 10.8. The number of carbonyl (C=O) groups excluding carboxylic acids is 2. The molecule has 0 saturated carbocycles. The summed E-state index contributed by atoms with van der Waals surface area (Å²) in [7, 11) is 0. The Kier molecular flexibility index (Phi) is 13.5. The molecule has 0 aromatic heterocycles. The highest BCUT2D eigenvalue weighted by atomic mass is 16.6. The van der Waals surface area contributed by atoms with E-state index in [9.17, 15) is 9.59 Å². The van der Waals surface area contributed by atoms with Gasteiger partial charge in [0, 0.05) is 12.8 Å². The van der Waals surface area contributed by atoms with Crippen molar-refractivity contribution < 1.29 is 19.1 Å². The Morgan fingerprint density at radius 1 is 0.800 bits per heavy atom. The average Bonchev–Trinajstić information content (AvgIpc) is 2.52. The highest BCUT2D eigenvalue weighted by Crippen LogP contribution is 2.23. The molecule has 0 radical (unpaired) electrons. The molecule has 1 atom stereocenters. The van der Waals surface area contributed by atoms with Crippen molar-refractivity contribution in [3.05, 3.63) is 0 Å². The van der Waals surface area contributed by atoms with E-state index in [0.29, 0.717) is 19.3 Å². The Morgan fingerprint density at radius 2 is 1.32 bits per heavy atom. The van der Waals surface area contributed by atoms with Gasteiger partial charge in [-0.2, -0.15) is 0 Å². The van der Waals surface area contributed by atoms with Gasteiger partial charge in [0.15, 0.2) is 0 Å². The predicted molar refractivity (Wildman–Crippen MR) is 102 cm³/mol. The molecule has 0 bridgehead atoms. The zero-order valence-corrected chi connectivity index (χ0v) is 17.2. The maximum Gasteiger partial charge on any atom is 0.306 e. The molecular formula is C21H40O4. The van der Waals surface area contributed by atoms with Crippen LogP contribution in [0.1, 0.15) is 105 Å². The van der Waals surface area contributed by atoms with Crippen LogP contribution in [0.5, 0.6) is 0 Å². The third kappa shape index (κ3) is 16.2. The van der Waals surface area contributed by atoms with Crippen molar-refractivity contribution in [3.63, 3.8) is 0 Å². The van der Waals surface area contributed by atoms with E-state index in [1.165, 1.54) is 0 Å². The average molecular weight is 357 g/mol. The molecule has 0 amide bonds. The first-order valence-corrected chi connectivity index (χ1v) is 10.1. The topological polar surface area (TPSA) is 52.6 Å². The van der Waals surface area contributed by atoms with E-state index in [-0.39, 0.29) is 30.1 Å². The molecule has 1 unspecified atom stereocenters. The van der Waals surface area contributed by atoms with Crippen molar-refractivity contribution in [1.29, 1.82) is 0 Å². The lowest BCUT2D eigenvalue weighted by atomic mass is 9.89. The molecule has 0 rings (SSSR count). The van der Waals surface area contributed by atoms with Gasteiger partial charge in [0.25, 0.3) is 0 Å². The van der Waals surface area contributed by atoms with Crippen molar-refractivity contribution in [1.82, 2.24) is 0 Å². The Balaban J connectivity index is 4.24. The predicted octanol–water partition coefficient (Wildman–Crippen LogP) is 5.82. The van der Waals surface area contributed by atoms with E-state index in [4.69, 9.17) is 9.47 Å². The van der Waals surface area contributed by atoms with Crippen LogP contribution in [0, 0.1) is 5.41 Å². The lowest BCUT2D eigenvalue weighted by Gasteiger charge is -2.25. The lowest BCUT2D eigenvalue weighted by Crippen LogP contribution is -2.29. The molecule has 0 heterocycles. The van der Waals surface area contributed by atoms with Crippen LogP contribution >= 0.6 is 0 Å². The summed E-state index contributed by atoms with van der Waals surface area (Å²) >= 11 is 0. The van der Waals surface area contributed by atoms with Gasteiger partial charge in [-0.3, -0.25) is 9.59 Å². The van der Waals surface area contributed by atoms with E-state index >= 15 is 0 Å². The van der Waals surface area contributed by atoms with Gasteiger partial charge in [0.2, 0.25) is 0 Å².